The second-order valence-electron chi connectivity index (χ2n) is 10.2. The van der Waals surface area contributed by atoms with Crippen molar-refractivity contribution in [3.63, 3.8) is 0 Å². The van der Waals surface area contributed by atoms with E-state index in [9.17, 15) is 4.39 Å². The van der Waals surface area contributed by atoms with E-state index in [1.54, 1.807) is 19.2 Å². The average Bonchev–Trinajstić information content (AvgIpc) is 3.46. The zero-order chi connectivity index (χ0) is 27.1. The summed E-state index contributed by atoms with van der Waals surface area (Å²) in [5, 5.41) is 4.12. The highest BCUT2D eigenvalue weighted by Gasteiger charge is 2.42. The maximum absolute atomic E-state index is 14.2. The summed E-state index contributed by atoms with van der Waals surface area (Å²) in [7, 11) is 0. The third-order valence-corrected chi connectivity index (χ3v) is 8.11. The van der Waals surface area contributed by atoms with E-state index < -0.39 is 0 Å². The number of nitrogens with zero attached hydrogens (tertiary/aromatic N) is 4. The van der Waals surface area contributed by atoms with Crippen molar-refractivity contribution < 1.29 is 9.13 Å². The molecule has 8 heteroatoms. The standard InChI is InChI=1S/C31H32FN5OS/c1-20-18-25(11-12-27(20)32)37-30(29(34-31(37)39)28-6-4-5-13-33-28)26-19-21(2)36(22(26)3)24-9-7-23(8-10-24)35-14-16-38-17-15-35/h4-13,18-19,29-30H,14-17H2,1-3H3,(H,34,39)/t29-,30+/m0/s1. The number of pyridine rings is 1. The van der Waals surface area contributed by atoms with Crippen LogP contribution in [0.1, 0.15) is 40.3 Å². The zero-order valence-corrected chi connectivity index (χ0v) is 23.2. The number of aromatic nitrogens is 2. The molecule has 0 saturated carbocycles. The van der Waals surface area contributed by atoms with E-state index in [1.165, 1.54) is 11.8 Å². The van der Waals surface area contributed by atoms with Gasteiger partial charge in [-0.25, -0.2) is 4.39 Å². The van der Waals surface area contributed by atoms with E-state index in [4.69, 9.17) is 17.0 Å². The van der Waals surface area contributed by atoms with Gasteiger partial charge in [0.05, 0.1) is 31.0 Å². The lowest BCUT2D eigenvalue weighted by molar-refractivity contribution is 0.122. The molecule has 2 aromatic heterocycles. The number of hydrogen-bond acceptors (Lipinski definition) is 4. The summed E-state index contributed by atoms with van der Waals surface area (Å²) < 4.78 is 22.0. The predicted octanol–water partition coefficient (Wildman–Crippen LogP) is 5.95. The van der Waals surface area contributed by atoms with Crippen molar-refractivity contribution in [3.05, 3.63) is 107 Å². The first-order chi connectivity index (χ1) is 18.9. The molecule has 200 valence electrons. The van der Waals surface area contributed by atoms with Crippen LogP contribution in [-0.4, -0.2) is 41.0 Å². The van der Waals surface area contributed by atoms with Crippen molar-refractivity contribution in [1.29, 1.82) is 0 Å². The number of ether oxygens (including phenoxy) is 1. The van der Waals surface area contributed by atoms with Gasteiger partial charge >= 0.3 is 0 Å². The number of thiocarbonyl (C=S) groups is 1. The van der Waals surface area contributed by atoms with Gasteiger partial charge in [-0.3, -0.25) is 4.98 Å². The van der Waals surface area contributed by atoms with Crippen LogP contribution < -0.4 is 15.1 Å². The number of nitrogens with one attached hydrogen (secondary N) is 1. The Morgan fingerprint density at radius 1 is 0.923 bits per heavy atom. The fourth-order valence-corrected chi connectivity index (χ4v) is 6.19. The largest absolute Gasteiger partial charge is 0.378 e. The molecule has 2 aliphatic rings. The van der Waals surface area contributed by atoms with Crippen LogP contribution in [0.3, 0.4) is 0 Å². The lowest BCUT2D eigenvalue weighted by Crippen LogP contribution is -2.36. The van der Waals surface area contributed by atoms with Gasteiger partial charge in [-0.2, -0.15) is 0 Å². The van der Waals surface area contributed by atoms with Crippen LogP contribution in [0.4, 0.5) is 15.8 Å². The molecule has 2 saturated heterocycles. The molecule has 0 aliphatic carbocycles. The normalized spacial score (nSPS) is 19.4. The molecule has 2 aliphatic heterocycles. The Balaban J connectivity index is 1.42. The van der Waals surface area contributed by atoms with Crippen LogP contribution in [0.15, 0.2) is 72.9 Å². The first kappa shape index (κ1) is 25.5. The minimum absolute atomic E-state index is 0.162. The van der Waals surface area contributed by atoms with Gasteiger partial charge in [-0.1, -0.05) is 6.07 Å². The van der Waals surface area contributed by atoms with Crippen molar-refractivity contribution in [2.75, 3.05) is 36.1 Å². The number of anilines is 2. The second kappa shape index (κ2) is 10.4. The Hall–Kier alpha value is -3.75. The van der Waals surface area contributed by atoms with Crippen molar-refractivity contribution >= 4 is 28.7 Å². The van der Waals surface area contributed by atoms with Gasteiger partial charge in [0.25, 0.3) is 0 Å². The Labute approximate surface area is 234 Å². The van der Waals surface area contributed by atoms with E-state index >= 15 is 0 Å². The molecule has 0 spiro atoms. The molecule has 6 rings (SSSR count). The summed E-state index contributed by atoms with van der Waals surface area (Å²) in [5.41, 5.74) is 8.09. The van der Waals surface area contributed by atoms with Crippen molar-refractivity contribution in [2.45, 2.75) is 32.9 Å². The fraction of sp³-hybridized carbons (Fsp3) is 0.290. The Bertz CT molecular complexity index is 1500. The van der Waals surface area contributed by atoms with Crippen molar-refractivity contribution in [2.24, 2.45) is 0 Å². The summed E-state index contributed by atoms with van der Waals surface area (Å²) in [4.78, 5) is 9.14. The maximum atomic E-state index is 14.2. The van der Waals surface area contributed by atoms with Gasteiger partial charge in [-0.05, 0) is 105 Å². The Morgan fingerprint density at radius 3 is 2.33 bits per heavy atom. The second-order valence-corrected chi connectivity index (χ2v) is 10.6. The first-order valence-corrected chi connectivity index (χ1v) is 13.7. The van der Waals surface area contributed by atoms with Crippen molar-refractivity contribution in [3.8, 4) is 5.69 Å². The van der Waals surface area contributed by atoms with E-state index in [1.807, 2.05) is 24.3 Å². The van der Waals surface area contributed by atoms with Gasteiger partial charge in [0.2, 0.25) is 0 Å². The van der Waals surface area contributed by atoms with E-state index in [0.717, 1.165) is 60.3 Å². The van der Waals surface area contributed by atoms with Crippen LogP contribution in [0.5, 0.6) is 0 Å². The van der Waals surface area contributed by atoms with Crippen LogP contribution in [0.25, 0.3) is 5.69 Å². The number of halogens is 1. The highest BCUT2D eigenvalue weighted by Crippen LogP contribution is 2.44. The third-order valence-electron chi connectivity index (χ3n) is 7.79. The predicted molar refractivity (Wildman–Crippen MR) is 157 cm³/mol. The van der Waals surface area contributed by atoms with Crippen molar-refractivity contribution in [1.82, 2.24) is 14.9 Å². The summed E-state index contributed by atoms with van der Waals surface area (Å²) in [6, 6.07) is 21.8. The minimum Gasteiger partial charge on any atom is -0.378 e. The molecule has 0 amide bonds. The maximum Gasteiger partial charge on any atom is 0.174 e. The fourth-order valence-electron chi connectivity index (χ4n) is 5.85. The molecule has 4 aromatic rings. The lowest BCUT2D eigenvalue weighted by atomic mass is 9.96. The molecule has 0 unspecified atom stereocenters. The smallest absolute Gasteiger partial charge is 0.174 e. The average molecular weight is 542 g/mol. The molecule has 0 bridgehead atoms. The topological polar surface area (TPSA) is 45.6 Å². The number of rotatable bonds is 5. The SMILES string of the molecule is Cc1cc(N2C(=S)N[C@@H](c3ccccn3)[C@H]2c2cc(C)n(-c3ccc(N4CCOCC4)cc3)c2C)ccc1F. The quantitative estimate of drug-likeness (QED) is 0.315. The molecule has 2 atom stereocenters. The van der Waals surface area contributed by atoms with Gasteiger partial charge in [0, 0.05) is 47.7 Å². The van der Waals surface area contributed by atoms with E-state index in [-0.39, 0.29) is 17.9 Å². The molecular weight excluding hydrogens is 509 g/mol. The summed E-state index contributed by atoms with van der Waals surface area (Å²) >= 11 is 5.88. The molecule has 39 heavy (non-hydrogen) atoms. The number of hydrogen-bond donors (Lipinski definition) is 1. The van der Waals surface area contributed by atoms with Crippen LogP contribution in [0, 0.1) is 26.6 Å². The van der Waals surface area contributed by atoms with Gasteiger partial charge in [-0.15, -0.1) is 0 Å². The van der Waals surface area contributed by atoms with Crippen LogP contribution in [0.2, 0.25) is 0 Å². The lowest BCUT2D eigenvalue weighted by Gasteiger charge is -2.29. The molecule has 0 radical (unpaired) electrons. The molecular formula is C31H32FN5OS. The number of aryl methyl sites for hydroxylation is 2. The van der Waals surface area contributed by atoms with Gasteiger partial charge in [0.15, 0.2) is 5.11 Å². The highest BCUT2D eigenvalue weighted by atomic mass is 32.1. The van der Waals surface area contributed by atoms with Gasteiger partial charge < -0.3 is 24.4 Å². The van der Waals surface area contributed by atoms with Crippen LogP contribution in [-0.2, 0) is 4.74 Å². The summed E-state index contributed by atoms with van der Waals surface area (Å²) in [6.07, 6.45) is 1.81. The Morgan fingerprint density at radius 2 is 1.64 bits per heavy atom. The minimum atomic E-state index is -0.228. The van der Waals surface area contributed by atoms with Gasteiger partial charge in [0.1, 0.15) is 5.82 Å². The molecule has 2 fully saturated rings. The monoisotopic (exact) mass is 541 g/mol. The third kappa shape index (κ3) is 4.68. The summed E-state index contributed by atoms with van der Waals surface area (Å²) in [6.45, 7) is 9.42. The number of benzene rings is 2. The first-order valence-electron chi connectivity index (χ1n) is 13.3. The Kier molecular flexibility index (Phi) is 6.83. The summed E-state index contributed by atoms with van der Waals surface area (Å²) in [5.74, 6) is -0.228. The molecule has 4 heterocycles. The molecule has 2 aromatic carbocycles. The zero-order valence-electron chi connectivity index (χ0n) is 22.4. The molecule has 6 nitrogen and oxygen atoms in total. The highest BCUT2D eigenvalue weighted by molar-refractivity contribution is 7.80. The van der Waals surface area contributed by atoms with E-state index in [2.05, 4.69) is 68.8 Å². The number of morpholine rings is 1. The van der Waals surface area contributed by atoms with Crippen LogP contribution >= 0.6 is 12.2 Å². The van der Waals surface area contributed by atoms with E-state index in [0.29, 0.717) is 10.7 Å². The molecule has 1 N–H and O–H groups in total.